The van der Waals surface area contributed by atoms with E-state index in [1.807, 2.05) is 28.8 Å². The van der Waals surface area contributed by atoms with Crippen molar-refractivity contribution in [3.05, 3.63) is 23.9 Å². The summed E-state index contributed by atoms with van der Waals surface area (Å²) in [5.41, 5.74) is 0.672. The highest BCUT2D eigenvalue weighted by Crippen LogP contribution is 2.25. The van der Waals surface area contributed by atoms with Crippen LogP contribution in [0.5, 0.6) is 5.88 Å². The number of nitrogens with zero attached hydrogens (tertiary/aromatic N) is 2. The number of rotatable bonds is 5. The Kier molecular flexibility index (Phi) is 5.81. The van der Waals surface area contributed by atoms with E-state index in [4.69, 9.17) is 4.74 Å². The highest BCUT2D eigenvalue weighted by molar-refractivity contribution is 7.99. The number of aromatic nitrogens is 1. The lowest BCUT2D eigenvalue weighted by molar-refractivity contribution is 0.0647. The van der Waals surface area contributed by atoms with Gasteiger partial charge in [0.2, 0.25) is 5.88 Å². The van der Waals surface area contributed by atoms with Gasteiger partial charge in [0.1, 0.15) is 6.10 Å². The number of hydrogen-bond donors (Lipinski definition) is 0. The fourth-order valence-electron chi connectivity index (χ4n) is 3.48. The summed E-state index contributed by atoms with van der Waals surface area (Å²) in [4.78, 5) is 19.1. The largest absolute Gasteiger partial charge is 0.473 e. The Labute approximate surface area is 143 Å². The number of thioether (sulfide) groups is 1. The molecule has 0 bridgehead atoms. The summed E-state index contributed by atoms with van der Waals surface area (Å²) in [7, 11) is 0. The molecule has 1 unspecified atom stereocenters. The van der Waals surface area contributed by atoms with Gasteiger partial charge in [-0.3, -0.25) is 4.79 Å². The Morgan fingerprint density at radius 2 is 2.13 bits per heavy atom. The molecule has 2 fully saturated rings. The molecule has 1 aromatic heterocycles. The van der Waals surface area contributed by atoms with Gasteiger partial charge in [-0.2, -0.15) is 11.8 Å². The van der Waals surface area contributed by atoms with E-state index in [2.05, 4.69) is 11.9 Å². The van der Waals surface area contributed by atoms with Crippen LogP contribution in [0.25, 0.3) is 0 Å². The van der Waals surface area contributed by atoms with Gasteiger partial charge in [0.25, 0.3) is 5.91 Å². The minimum atomic E-state index is 0.106. The fourth-order valence-corrected chi connectivity index (χ4v) is 4.57. The first-order valence-corrected chi connectivity index (χ1v) is 9.95. The summed E-state index contributed by atoms with van der Waals surface area (Å²) in [5, 5.41) is 0. The molecule has 0 aromatic carbocycles. The molecule has 4 nitrogen and oxygen atoms in total. The Morgan fingerprint density at radius 3 is 2.74 bits per heavy atom. The topological polar surface area (TPSA) is 42.4 Å². The molecule has 1 saturated heterocycles. The van der Waals surface area contributed by atoms with E-state index >= 15 is 0 Å². The standard InChI is InChI=1S/C18H26N2O2S/c1-2-20(15-6-4-3-5-7-15)18(21)14-8-9-17(19-12-14)22-16-10-11-23-13-16/h8-9,12,15-16H,2-7,10-11,13H2,1H3. The lowest BCUT2D eigenvalue weighted by Crippen LogP contribution is -2.41. The van der Waals surface area contributed by atoms with Gasteiger partial charge in [-0.1, -0.05) is 19.3 Å². The second-order valence-corrected chi connectivity index (χ2v) is 7.52. The van der Waals surface area contributed by atoms with Crippen LogP contribution in [0.4, 0.5) is 0 Å². The molecule has 3 rings (SSSR count). The van der Waals surface area contributed by atoms with Crippen molar-refractivity contribution in [1.29, 1.82) is 0 Å². The van der Waals surface area contributed by atoms with Crippen LogP contribution in [0.15, 0.2) is 18.3 Å². The van der Waals surface area contributed by atoms with Crippen LogP contribution in [0.1, 0.15) is 55.8 Å². The second kappa shape index (κ2) is 8.04. The van der Waals surface area contributed by atoms with Crippen molar-refractivity contribution in [3.8, 4) is 5.88 Å². The Bertz CT molecular complexity index is 508. The zero-order valence-electron chi connectivity index (χ0n) is 13.9. The third kappa shape index (κ3) is 4.19. The molecule has 1 aromatic rings. The van der Waals surface area contributed by atoms with Gasteiger partial charge in [-0.15, -0.1) is 0 Å². The van der Waals surface area contributed by atoms with Gasteiger partial charge < -0.3 is 9.64 Å². The average molecular weight is 334 g/mol. The molecule has 2 heterocycles. The van der Waals surface area contributed by atoms with Crippen molar-refractivity contribution in [3.63, 3.8) is 0 Å². The molecule has 1 saturated carbocycles. The van der Waals surface area contributed by atoms with Crippen LogP contribution in [0.3, 0.4) is 0 Å². The second-order valence-electron chi connectivity index (χ2n) is 6.37. The molecule has 5 heteroatoms. The maximum absolute atomic E-state index is 12.8. The highest BCUT2D eigenvalue weighted by atomic mass is 32.2. The lowest BCUT2D eigenvalue weighted by Gasteiger charge is -2.33. The first kappa shape index (κ1) is 16.6. The van der Waals surface area contributed by atoms with Crippen LogP contribution in [-0.4, -0.2) is 46.0 Å². The van der Waals surface area contributed by atoms with Gasteiger partial charge in [-0.25, -0.2) is 4.98 Å². The van der Waals surface area contributed by atoms with E-state index in [0.717, 1.165) is 37.3 Å². The van der Waals surface area contributed by atoms with Crippen molar-refractivity contribution in [2.45, 2.75) is 57.6 Å². The molecule has 23 heavy (non-hydrogen) atoms. The number of pyridine rings is 1. The Morgan fingerprint density at radius 1 is 1.30 bits per heavy atom. The van der Waals surface area contributed by atoms with E-state index in [-0.39, 0.29) is 12.0 Å². The SMILES string of the molecule is CCN(C(=O)c1ccc(OC2CCSC2)nc1)C1CCCCC1. The summed E-state index contributed by atoms with van der Waals surface area (Å²) in [6.07, 6.45) is 9.06. The fraction of sp³-hybridized carbons (Fsp3) is 0.667. The number of hydrogen-bond acceptors (Lipinski definition) is 4. The van der Waals surface area contributed by atoms with E-state index in [1.165, 1.54) is 19.3 Å². The summed E-state index contributed by atoms with van der Waals surface area (Å²) in [5.74, 6) is 2.94. The number of carbonyl (C=O) groups excluding carboxylic acids is 1. The lowest BCUT2D eigenvalue weighted by atomic mass is 9.94. The molecule has 0 radical (unpaired) electrons. The molecule has 0 spiro atoms. The predicted molar refractivity (Wildman–Crippen MR) is 94.2 cm³/mol. The minimum Gasteiger partial charge on any atom is -0.473 e. The molecular formula is C18H26N2O2S. The summed E-state index contributed by atoms with van der Waals surface area (Å²) in [6.45, 7) is 2.83. The minimum absolute atomic E-state index is 0.106. The molecule has 0 N–H and O–H groups in total. The predicted octanol–water partition coefficient (Wildman–Crippen LogP) is 3.76. The van der Waals surface area contributed by atoms with E-state index in [9.17, 15) is 4.79 Å². The number of ether oxygens (including phenoxy) is 1. The van der Waals surface area contributed by atoms with Crippen molar-refractivity contribution >= 4 is 17.7 Å². The highest BCUT2D eigenvalue weighted by Gasteiger charge is 2.25. The third-order valence-corrected chi connectivity index (χ3v) is 5.91. The summed E-state index contributed by atoms with van der Waals surface area (Å²) < 4.78 is 5.86. The maximum atomic E-state index is 12.8. The van der Waals surface area contributed by atoms with Crippen molar-refractivity contribution in [2.75, 3.05) is 18.1 Å². The van der Waals surface area contributed by atoms with Crippen LogP contribution in [0.2, 0.25) is 0 Å². The van der Waals surface area contributed by atoms with Crippen LogP contribution in [0, 0.1) is 0 Å². The van der Waals surface area contributed by atoms with Gasteiger partial charge in [0, 0.05) is 30.6 Å². The normalized spacial score (nSPS) is 22.0. The smallest absolute Gasteiger partial charge is 0.255 e. The van der Waals surface area contributed by atoms with E-state index in [1.54, 1.807) is 6.20 Å². The molecule has 1 aliphatic carbocycles. The molecular weight excluding hydrogens is 308 g/mol. The average Bonchev–Trinajstić information content (AvgIpc) is 3.10. The zero-order chi connectivity index (χ0) is 16.1. The third-order valence-electron chi connectivity index (χ3n) is 4.78. The van der Waals surface area contributed by atoms with Crippen LogP contribution in [-0.2, 0) is 0 Å². The van der Waals surface area contributed by atoms with Crippen LogP contribution < -0.4 is 4.74 Å². The van der Waals surface area contributed by atoms with Gasteiger partial charge in [0.15, 0.2) is 0 Å². The van der Waals surface area contributed by atoms with Crippen molar-refractivity contribution < 1.29 is 9.53 Å². The maximum Gasteiger partial charge on any atom is 0.255 e. The van der Waals surface area contributed by atoms with Crippen molar-refractivity contribution in [1.82, 2.24) is 9.88 Å². The van der Waals surface area contributed by atoms with E-state index < -0.39 is 0 Å². The Balaban J connectivity index is 1.63. The van der Waals surface area contributed by atoms with Gasteiger partial charge >= 0.3 is 0 Å². The molecule has 1 aliphatic heterocycles. The molecule has 1 atom stereocenters. The van der Waals surface area contributed by atoms with Crippen molar-refractivity contribution in [2.24, 2.45) is 0 Å². The zero-order valence-corrected chi connectivity index (χ0v) is 14.7. The van der Waals surface area contributed by atoms with Gasteiger partial charge in [-0.05, 0) is 38.0 Å². The first-order valence-electron chi connectivity index (χ1n) is 8.79. The van der Waals surface area contributed by atoms with Crippen LogP contribution >= 0.6 is 11.8 Å². The number of amides is 1. The van der Waals surface area contributed by atoms with E-state index in [0.29, 0.717) is 17.5 Å². The monoisotopic (exact) mass is 334 g/mol. The number of carbonyl (C=O) groups is 1. The van der Waals surface area contributed by atoms with Gasteiger partial charge in [0.05, 0.1) is 5.56 Å². The molecule has 126 valence electrons. The first-order chi connectivity index (χ1) is 11.3. The quantitative estimate of drug-likeness (QED) is 0.822. The molecule has 1 amide bonds. The summed E-state index contributed by atoms with van der Waals surface area (Å²) >= 11 is 1.92. The Hall–Kier alpha value is -1.23. The molecule has 2 aliphatic rings. The summed E-state index contributed by atoms with van der Waals surface area (Å²) in [6, 6.07) is 4.09.